The molecule has 2 aliphatic rings. The first-order chi connectivity index (χ1) is 9.81. The first kappa shape index (κ1) is 13.7. The van der Waals surface area contributed by atoms with E-state index in [9.17, 15) is 0 Å². The van der Waals surface area contributed by atoms with Crippen LogP contribution in [-0.2, 0) is 6.54 Å². The molecule has 0 spiro atoms. The molecule has 0 bridgehead atoms. The molecule has 2 fully saturated rings. The Bertz CT molecular complexity index is 441. The maximum Gasteiger partial charge on any atom is 0.126 e. The zero-order valence-corrected chi connectivity index (χ0v) is 12.4. The monoisotopic (exact) mass is 276 g/mol. The van der Waals surface area contributed by atoms with E-state index in [4.69, 9.17) is 9.47 Å². The van der Waals surface area contributed by atoms with Gasteiger partial charge in [0, 0.05) is 38.3 Å². The quantitative estimate of drug-likeness (QED) is 0.892. The molecule has 0 radical (unpaired) electrons. The van der Waals surface area contributed by atoms with Crippen molar-refractivity contribution in [2.75, 3.05) is 40.4 Å². The Morgan fingerprint density at radius 2 is 1.70 bits per heavy atom. The number of rotatable bonds is 5. The Balaban J connectivity index is 1.83. The highest BCUT2D eigenvalue weighted by Gasteiger charge is 2.30. The standard InChI is InChI=1S/C16H24N2O2/c1-19-14-9-12(11-18-7-5-17-6-8-18)10-15(20-2)16(14)13-3-4-13/h9-10,13,17H,3-8,11H2,1-2H3. The van der Waals surface area contributed by atoms with Crippen LogP contribution < -0.4 is 14.8 Å². The van der Waals surface area contributed by atoms with Crippen LogP contribution in [0.25, 0.3) is 0 Å². The summed E-state index contributed by atoms with van der Waals surface area (Å²) in [6.45, 7) is 5.34. The highest BCUT2D eigenvalue weighted by Crippen LogP contribution is 2.49. The lowest BCUT2D eigenvalue weighted by atomic mass is 10.0. The summed E-state index contributed by atoms with van der Waals surface area (Å²) in [5.41, 5.74) is 2.55. The third-order valence-electron chi connectivity index (χ3n) is 4.21. The second-order valence-corrected chi connectivity index (χ2v) is 5.71. The van der Waals surface area contributed by atoms with E-state index in [1.807, 2.05) is 0 Å². The Morgan fingerprint density at radius 3 is 2.20 bits per heavy atom. The molecule has 110 valence electrons. The average Bonchev–Trinajstić information content (AvgIpc) is 3.31. The molecular weight excluding hydrogens is 252 g/mol. The summed E-state index contributed by atoms with van der Waals surface area (Å²) in [5.74, 6) is 2.63. The van der Waals surface area contributed by atoms with Crippen LogP contribution in [0, 0.1) is 0 Å². The molecule has 1 aromatic carbocycles. The van der Waals surface area contributed by atoms with Gasteiger partial charge in [-0.1, -0.05) is 0 Å². The minimum absolute atomic E-state index is 0.633. The van der Waals surface area contributed by atoms with Crippen LogP contribution in [0.5, 0.6) is 11.5 Å². The largest absolute Gasteiger partial charge is 0.496 e. The fourth-order valence-corrected chi connectivity index (χ4v) is 2.99. The van der Waals surface area contributed by atoms with Crippen molar-refractivity contribution in [1.29, 1.82) is 0 Å². The number of ether oxygens (including phenoxy) is 2. The third-order valence-corrected chi connectivity index (χ3v) is 4.21. The fourth-order valence-electron chi connectivity index (χ4n) is 2.99. The number of hydrogen-bond donors (Lipinski definition) is 1. The molecule has 20 heavy (non-hydrogen) atoms. The van der Waals surface area contributed by atoms with Gasteiger partial charge in [0.15, 0.2) is 0 Å². The van der Waals surface area contributed by atoms with E-state index >= 15 is 0 Å². The fraction of sp³-hybridized carbons (Fsp3) is 0.625. The normalized spacial score (nSPS) is 19.9. The number of methoxy groups -OCH3 is 2. The van der Waals surface area contributed by atoms with Gasteiger partial charge in [-0.15, -0.1) is 0 Å². The van der Waals surface area contributed by atoms with Gasteiger partial charge >= 0.3 is 0 Å². The maximum absolute atomic E-state index is 5.61. The predicted octanol–water partition coefficient (Wildman–Crippen LogP) is 1.99. The van der Waals surface area contributed by atoms with Gasteiger partial charge < -0.3 is 14.8 Å². The Kier molecular flexibility index (Phi) is 4.13. The Hall–Kier alpha value is -1.26. The smallest absolute Gasteiger partial charge is 0.126 e. The van der Waals surface area contributed by atoms with E-state index in [2.05, 4.69) is 22.3 Å². The molecule has 0 aromatic heterocycles. The summed E-state index contributed by atoms with van der Waals surface area (Å²) < 4.78 is 11.2. The summed E-state index contributed by atoms with van der Waals surface area (Å²) in [6.07, 6.45) is 2.51. The summed E-state index contributed by atoms with van der Waals surface area (Å²) in [5, 5.41) is 3.39. The van der Waals surface area contributed by atoms with Gasteiger partial charge in [0.25, 0.3) is 0 Å². The lowest BCUT2D eigenvalue weighted by Crippen LogP contribution is -2.42. The van der Waals surface area contributed by atoms with Crippen molar-refractivity contribution in [2.45, 2.75) is 25.3 Å². The maximum atomic E-state index is 5.61. The van der Waals surface area contributed by atoms with Crippen LogP contribution in [0.15, 0.2) is 12.1 Å². The molecule has 4 heteroatoms. The molecule has 1 heterocycles. The molecule has 4 nitrogen and oxygen atoms in total. The van der Waals surface area contributed by atoms with Gasteiger partial charge in [-0.05, 0) is 36.5 Å². The van der Waals surface area contributed by atoms with E-state index in [1.54, 1.807) is 14.2 Å². The molecule has 1 saturated heterocycles. The zero-order chi connectivity index (χ0) is 13.9. The van der Waals surface area contributed by atoms with Crippen LogP contribution >= 0.6 is 0 Å². The van der Waals surface area contributed by atoms with Gasteiger partial charge in [-0.2, -0.15) is 0 Å². The number of hydrogen-bond acceptors (Lipinski definition) is 4. The lowest BCUT2D eigenvalue weighted by Gasteiger charge is -2.27. The van der Waals surface area contributed by atoms with Crippen molar-refractivity contribution in [3.8, 4) is 11.5 Å². The van der Waals surface area contributed by atoms with Gasteiger partial charge in [0.05, 0.1) is 14.2 Å². The summed E-state index contributed by atoms with van der Waals surface area (Å²) in [7, 11) is 3.52. The highest BCUT2D eigenvalue weighted by atomic mass is 16.5. The predicted molar refractivity (Wildman–Crippen MR) is 79.7 cm³/mol. The van der Waals surface area contributed by atoms with E-state index in [0.717, 1.165) is 44.2 Å². The highest BCUT2D eigenvalue weighted by molar-refractivity contribution is 5.51. The third kappa shape index (κ3) is 2.91. The van der Waals surface area contributed by atoms with Crippen molar-refractivity contribution >= 4 is 0 Å². The molecule has 1 aromatic rings. The summed E-state index contributed by atoms with van der Waals surface area (Å²) in [6, 6.07) is 4.39. The van der Waals surface area contributed by atoms with Crippen molar-refractivity contribution in [3.05, 3.63) is 23.3 Å². The van der Waals surface area contributed by atoms with Crippen LogP contribution in [-0.4, -0.2) is 45.3 Å². The second-order valence-electron chi connectivity index (χ2n) is 5.71. The molecule has 1 N–H and O–H groups in total. The van der Waals surface area contributed by atoms with Crippen LogP contribution in [0.4, 0.5) is 0 Å². The number of benzene rings is 1. The average molecular weight is 276 g/mol. The number of nitrogens with zero attached hydrogens (tertiary/aromatic N) is 1. The lowest BCUT2D eigenvalue weighted by molar-refractivity contribution is 0.232. The van der Waals surface area contributed by atoms with Gasteiger partial charge in [0.2, 0.25) is 0 Å². The summed E-state index contributed by atoms with van der Waals surface area (Å²) in [4.78, 5) is 2.47. The summed E-state index contributed by atoms with van der Waals surface area (Å²) >= 11 is 0. The van der Waals surface area contributed by atoms with Crippen molar-refractivity contribution in [2.24, 2.45) is 0 Å². The topological polar surface area (TPSA) is 33.7 Å². The Morgan fingerprint density at radius 1 is 1.10 bits per heavy atom. The van der Waals surface area contributed by atoms with Crippen molar-refractivity contribution in [1.82, 2.24) is 10.2 Å². The molecular formula is C16H24N2O2. The van der Waals surface area contributed by atoms with Crippen LogP contribution in [0.1, 0.15) is 29.9 Å². The van der Waals surface area contributed by atoms with Crippen LogP contribution in [0.2, 0.25) is 0 Å². The first-order valence-corrected chi connectivity index (χ1v) is 7.49. The van der Waals surface area contributed by atoms with E-state index in [1.165, 1.54) is 24.0 Å². The molecule has 1 aliphatic heterocycles. The molecule has 1 saturated carbocycles. The number of piperazine rings is 1. The molecule has 3 rings (SSSR count). The van der Waals surface area contributed by atoms with Crippen molar-refractivity contribution < 1.29 is 9.47 Å². The molecule has 0 unspecified atom stereocenters. The number of nitrogens with one attached hydrogen (secondary N) is 1. The van der Waals surface area contributed by atoms with E-state index in [-0.39, 0.29) is 0 Å². The molecule has 0 atom stereocenters. The molecule has 0 amide bonds. The minimum Gasteiger partial charge on any atom is -0.496 e. The van der Waals surface area contributed by atoms with E-state index < -0.39 is 0 Å². The van der Waals surface area contributed by atoms with E-state index in [0.29, 0.717) is 5.92 Å². The van der Waals surface area contributed by atoms with Crippen molar-refractivity contribution in [3.63, 3.8) is 0 Å². The SMILES string of the molecule is COc1cc(CN2CCNCC2)cc(OC)c1C1CC1. The second kappa shape index (κ2) is 6.02. The van der Waals surface area contributed by atoms with Gasteiger partial charge in [0.1, 0.15) is 11.5 Å². The van der Waals surface area contributed by atoms with Gasteiger partial charge in [-0.25, -0.2) is 0 Å². The molecule has 1 aliphatic carbocycles. The zero-order valence-electron chi connectivity index (χ0n) is 12.4. The van der Waals surface area contributed by atoms with Crippen LogP contribution in [0.3, 0.4) is 0 Å². The Labute approximate surface area is 121 Å². The van der Waals surface area contributed by atoms with Gasteiger partial charge in [-0.3, -0.25) is 4.90 Å². The minimum atomic E-state index is 0.633. The first-order valence-electron chi connectivity index (χ1n) is 7.49.